The van der Waals surface area contributed by atoms with Gasteiger partial charge in [-0.25, -0.2) is 0 Å². The van der Waals surface area contributed by atoms with Gasteiger partial charge >= 0.3 is 8.56 Å². The lowest BCUT2D eigenvalue weighted by atomic mass is 10.5. The van der Waals surface area contributed by atoms with Crippen LogP contribution >= 0.6 is 0 Å². The predicted molar refractivity (Wildman–Crippen MR) is 68.2 cm³/mol. The average molecular weight is 228 g/mol. The Hall–Kier alpha value is -0.383. The average Bonchev–Trinajstić information content (AvgIpc) is 2.01. The summed E-state index contributed by atoms with van der Waals surface area (Å²) in [6.07, 6.45) is 4.16. The number of hydrogen-bond donors (Lipinski definition) is 0. The highest BCUT2D eigenvalue weighted by Crippen LogP contribution is 2.23. The van der Waals surface area contributed by atoms with Crippen LogP contribution in [0.5, 0.6) is 0 Å². The van der Waals surface area contributed by atoms with E-state index in [0.717, 1.165) is 12.1 Å². The third kappa shape index (κ3) is 5.92. The van der Waals surface area contributed by atoms with E-state index in [4.69, 9.17) is 8.85 Å². The molecule has 0 aromatic carbocycles. The molecule has 0 aromatic rings. The summed E-state index contributed by atoms with van der Waals surface area (Å²) in [5, 5.41) is 0. The maximum Gasteiger partial charge on any atom is 0.346 e. The summed E-state index contributed by atoms with van der Waals surface area (Å²) >= 11 is 0. The second-order valence-corrected chi connectivity index (χ2v) is 7.34. The lowest BCUT2D eigenvalue weighted by molar-refractivity contribution is 0.108. The summed E-state index contributed by atoms with van der Waals surface area (Å²) in [7, 11) is -2.16. The monoisotopic (exact) mass is 228 g/mol. The van der Waals surface area contributed by atoms with Crippen LogP contribution in [0.15, 0.2) is 25.3 Å². The summed E-state index contributed by atoms with van der Waals surface area (Å²) in [6, 6.07) is 1.63. The molecule has 0 heterocycles. The molecule has 0 spiro atoms. The third-order valence-electron chi connectivity index (χ3n) is 1.81. The first kappa shape index (κ1) is 14.6. The highest BCUT2D eigenvalue weighted by molar-refractivity contribution is 6.68. The summed E-state index contributed by atoms with van der Waals surface area (Å²) in [4.78, 5) is 0. The lowest BCUT2D eigenvalue weighted by Gasteiger charge is -2.32. The Bertz CT molecular complexity index is 178. The van der Waals surface area contributed by atoms with Crippen molar-refractivity contribution in [2.75, 3.05) is 0 Å². The first-order valence-electron chi connectivity index (χ1n) is 5.53. The van der Waals surface area contributed by atoms with Crippen molar-refractivity contribution < 1.29 is 8.85 Å². The van der Waals surface area contributed by atoms with Crippen molar-refractivity contribution in [1.82, 2.24) is 0 Å². The second kappa shape index (κ2) is 6.98. The van der Waals surface area contributed by atoms with Crippen molar-refractivity contribution in [1.29, 1.82) is 0 Å². The summed E-state index contributed by atoms with van der Waals surface area (Å²) in [5.74, 6) is 0. The fourth-order valence-electron chi connectivity index (χ4n) is 1.60. The molecule has 0 bridgehead atoms. The van der Waals surface area contributed by atoms with Gasteiger partial charge in [0.25, 0.3) is 0 Å². The largest absolute Gasteiger partial charge is 0.391 e. The molecule has 0 radical (unpaired) electrons. The first-order valence-corrected chi connectivity index (χ1v) is 7.76. The highest BCUT2D eigenvalue weighted by atomic mass is 28.4. The van der Waals surface area contributed by atoms with Gasteiger partial charge in [-0.3, -0.25) is 0 Å². The lowest BCUT2D eigenvalue weighted by Crippen LogP contribution is -2.45. The minimum Gasteiger partial charge on any atom is -0.391 e. The van der Waals surface area contributed by atoms with E-state index in [0.29, 0.717) is 0 Å². The normalized spacial score (nSPS) is 12.1. The minimum atomic E-state index is -2.16. The molecule has 0 saturated heterocycles. The number of hydrogen-bond acceptors (Lipinski definition) is 2. The van der Waals surface area contributed by atoms with Crippen molar-refractivity contribution in [3.63, 3.8) is 0 Å². The van der Waals surface area contributed by atoms with Crippen molar-refractivity contribution in [2.45, 2.75) is 52.0 Å². The van der Waals surface area contributed by atoms with Crippen molar-refractivity contribution in [2.24, 2.45) is 0 Å². The van der Waals surface area contributed by atoms with E-state index in [1.54, 1.807) is 0 Å². The molecule has 3 heteroatoms. The Morgan fingerprint density at radius 2 is 1.27 bits per heavy atom. The van der Waals surface area contributed by atoms with Crippen molar-refractivity contribution >= 4 is 8.56 Å². The maximum absolute atomic E-state index is 6.00. The molecule has 0 aliphatic heterocycles. The standard InChI is InChI=1S/C12H24O2Si/c1-7-9-15(10-8-2,13-11(3)4)14-12(5)6/h7-8,11-12H,1-2,9-10H2,3-6H3. The summed E-state index contributed by atoms with van der Waals surface area (Å²) < 4.78 is 12.0. The van der Waals surface area contributed by atoms with Crippen LogP contribution in [0.4, 0.5) is 0 Å². The molecule has 15 heavy (non-hydrogen) atoms. The van der Waals surface area contributed by atoms with Crippen LogP contribution in [0.1, 0.15) is 27.7 Å². The zero-order valence-corrected chi connectivity index (χ0v) is 11.5. The summed E-state index contributed by atoms with van der Waals surface area (Å²) in [5.41, 5.74) is 0. The van der Waals surface area contributed by atoms with Crippen LogP contribution in [0.3, 0.4) is 0 Å². The molecule has 0 N–H and O–H groups in total. The molecule has 0 rings (SSSR count). The predicted octanol–water partition coefficient (Wildman–Crippen LogP) is 3.65. The van der Waals surface area contributed by atoms with E-state index in [9.17, 15) is 0 Å². The van der Waals surface area contributed by atoms with Gasteiger partial charge in [-0.1, -0.05) is 12.2 Å². The van der Waals surface area contributed by atoms with E-state index in [2.05, 4.69) is 13.2 Å². The molecule has 0 aromatic heterocycles. The second-order valence-electron chi connectivity index (χ2n) is 4.23. The SMILES string of the molecule is C=CC[Si](CC=C)(OC(C)C)OC(C)C. The van der Waals surface area contributed by atoms with Crippen LogP contribution < -0.4 is 0 Å². The molecule has 2 nitrogen and oxygen atoms in total. The molecular weight excluding hydrogens is 204 g/mol. The van der Waals surface area contributed by atoms with E-state index < -0.39 is 8.56 Å². The highest BCUT2D eigenvalue weighted by Gasteiger charge is 2.37. The third-order valence-corrected chi connectivity index (χ3v) is 5.43. The van der Waals surface area contributed by atoms with E-state index in [1.807, 2.05) is 39.8 Å². The van der Waals surface area contributed by atoms with Gasteiger partial charge in [0.1, 0.15) is 0 Å². The van der Waals surface area contributed by atoms with Crippen molar-refractivity contribution in [3.8, 4) is 0 Å². The number of allylic oxidation sites excluding steroid dienone is 2. The van der Waals surface area contributed by atoms with Gasteiger partial charge in [0.15, 0.2) is 0 Å². The molecule has 0 unspecified atom stereocenters. The van der Waals surface area contributed by atoms with Crippen LogP contribution in [-0.4, -0.2) is 20.8 Å². The molecule has 0 atom stereocenters. The molecular formula is C12H24O2Si. The molecule has 88 valence electrons. The molecule has 0 saturated carbocycles. The Morgan fingerprint density at radius 1 is 0.933 bits per heavy atom. The Balaban J connectivity index is 4.69. The van der Waals surface area contributed by atoms with Gasteiger partial charge in [-0.2, -0.15) is 0 Å². The van der Waals surface area contributed by atoms with E-state index in [-0.39, 0.29) is 12.2 Å². The zero-order valence-electron chi connectivity index (χ0n) is 10.5. The van der Waals surface area contributed by atoms with Crippen LogP contribution in [0.25, 0.3) is 0 Å². The minimum absolute atomic E-state index is 0.190. The van der Waals surface area contributed by atoms with Gasteiger partial charge in [-0.05, 0) is 27.7 Å². The van der Waals surface area contributed by atoms with Gasteiger partial charge in [0.2, 0.25) is 0 Å². The molecule has 0 amide bonds. The fraction of sp³-hybridized carbons (Fsp3) is 0.667. The molecule has 0 aliphatic rings. The Morgan fingerprint density at radius 3 is 1.47 bits per heavy atom. The maximum atomic E-state index is 6.00. The molecule has 0 aliphatic carbocycles. The smallest absolute Gasteiger partial charge is 0.346 e. The van der Waals surface area contributed by atoms with Crippen LogP contribution in [-0.2, 0) is 8.85 Å². The first-order chi connectivity index (χ1) is 6.95. The molecule has 0 fully saturated rings. The topological polar surface area (TPSA) is 18.5 Å². The van der Waals surface area contributed by atoms with Gasteiger partial charge in [0, 0.05) is 24.3 Å². The Labute approximate surface area is 95.2 Å². The zero-order chi connectivity index (χ0) is 11.9. The van der Waals surface area contributed by atoms with Gasteiger partial charge in [-0.15, -0.1) is 13.2 Å². The Kier molecular flexibility index (Phi) is 6.81. The van der Waals surface area contributed by atoms with Gasteiger partial charge in [0.05, 0.1) is 0 Å². The van der Waals surface area contributed by atoms with E-state index in [1.165, 1.54) is 0 Å². The quantitative estimate of drug-likeness (QED) is 0.466. The van der Waals surface area contributed by atoms with E-state index >= 15 is 0 Å². The van der Waals surface area contributed by atoms with Crippen LogP contribution in [0.2, 0.25) is 12.1 Å². The van der Waals surface area contributed by atoms with Crippen molar-refractivity contribution in [3.05, 3.63) is 25.3 Å². The van der Waals surface area contributed by atoms with Crippen LogP contribution in [0, 0.1) is 0 Å². The number of rotatable bonds is 8. The fourth-order valence-corrected chi connectivity index (χ4v) is 4.81. The van der Waals surface area contributed by atoms with Gasteiger partial charge < -0.3 is 8.85 Å². The summed E-state index contributed by atoms with van der Waals surface area (Å²) in [6.45, 7) is 15.7.